The summed E-state index contributed by atoms with van der Waals surface area (Å²) in [4.78, 5) is 4.58. The van der Waals surface area contributed by atoms with E-state index in [0.717, 1.165) is 22.1 Å². The van der Waals surface area contributed by atoms with E-state index in [4.69, 9.17) is 5.26 Å². The fourth-order valence-electron chi connectivity index (χ4n) is 2.06. The summed E-state index contributed by atoms with van der Waals surface area (Å²) in [6.45, 7) is 0. The molecule has 0 spiro atoms. The Hall–Kier alpha value is -1.74. The van der Waals surface area contributed by atoms with Gasteiger partial charge in [-0.25, -0.2) is 4.98 Å². The Labute approximate surface area is 122 Å². The molecule has 0 aliphatic rings. The third kappa shape index (κ3) is 1.91. The van der Waals surface area contributed by atoms with E-state index in [1.165, 1.54) is 0 Å². The first-order valence-electron chi connectivity index (χ1n) is 5.38. The first kappa shape index (κ1) is 12.7. The standard InChI is InChI=1S/C14H10N3.HI/c1-17-13-5-3-2-4-11(13)16-12-7-6-10(9-15)8-14(12)17;/h2-8H,1H3;1H/q+1;/p-1. The molecule has 0 aliphatic carbocycles. The van der Waals surface area contributed by atoms with Gasteiger partial charge < -0.3 is 24.0 Å². The summed E-state index contributed by atoms with van der Waals surface area (Å²) in [5, 5.41) is 8.92. The van der Waals surface area contributed by atoms with E-state index in [9.17, 15) is 0 Å². The van der Waals surface area contributed by atoms with Crippen molar-refractivity contribution in [1.29, 1.82) is 5.26 Å². The van der Waals surface area contributed by atoms with Gasteiger partial charge in [0, 0.05) is 12.1 Å². The van der Waals surface area contributed by atoms with Crippen LogP contribution in [0.3, 0.4) is 0 Å². The molecule has 0 N–H and O–H groups in total. The van der Waals surface area contributed by atoms with E-state index in [-0.39, 0.29) is 24.0 Å². The van der Waals surface area contributed by atoms with Crippen molar-refractivity contribution in [3.05, 3.63) is 48.0 Å². The molecule has 0 fully saturated rings. The maximum Gasteiger partial charge on any atom is 0.232 e. The number of hydrogen-bond acceptors (Lipinski definition) is 2. The number of nitriles is 1. The molecule has 3 rings (SSSR count). The smallest absolute Gasteiger partial charge is 0.232 e. The first-order chi connectivity index (χ1) is 8.29. The number of halogens is 1. The zero-order valence-corrected chi connectivity index (χ0v) is 11.9. The summed E-state index contributed by atoms with van der Waals surface area (Å²) in [5.74, 6) is 0. The van der Waals surface area contributed by atoms with Crippen molar-refractivity contribution in [3.8, 4) is 6.07 Å². The lowest BCUT2D eigenvalue weighted by Crippen LogP contribution is -3.00. The monoisotopic (exact) mass is 347 g/mol. The summed E-state index contributed by atoms with van der Waals surface area (Å²) < 4.78 is 2.07. The van der Waals surface area contributed by atoms with Crippen LogP contribution in [0.1, 0.15) is 5.56 Å². The van der Waals surface area contributed by atoms with Crippen LogP contribution in [-0.2, 0) is 7.05 Å². The lowest BCUT2D eigenvalue weighted by molar-refractivity contribution is -0.617. The van der Waals surface area contributed by atoms with Gasteiger partial charge >= 0.3 is 0 Å². The van der Waals surface area contributed by atoms with Gasteiger partial charge in [-0.05, 0) is 18.2 Å². The third-order valence-corrected chi connectivity index (χ3v) is 2.95. The molecule has 3 aromatic rings. The van der Waals surface area contributed by atoms with Crippen LogP contribution in [0.25, 0.3) is 22.1 Å². The van der Waals surface area contributed by atoms with Gasteiger partial charge in [-0.1, -0.05) is 12.1 Å². The van der Waals surface area contributed by atoms with Gasteiger partial charge in [0.25, 0.3) is 0 Å². The van der Waals surface area contributed by atoms with Gasteiger partial charge in [0.2, 0.25) is 11.0 Å². The topological polar surface area (TPSA) is 40.6 Å². The molecule has 0 saturated carbocycles. The molecule has 0 atom stereocenters. The molecule has 3 nitrogen and oxygen atoms in total. The molecule has 0 radical (unpaired) electrons. The predicted molar refractivity (Wildman–Crippen MR) is 65.1 cm³/mol. The van der Waals surface area contributed by atoms with Crippen molar-refractivity contribution in [2.24, 2.45) is 7.05 Å². The molecule has 18 heavy (non-hydrogen) atoms. The molecule has 0 saturated heterocycles. The van der Waals surface area contributed by atoms with Crippen LogP contribution in [-0.4, -0.2) is 4.98 Å². The van der Waals surface area contributed by atoms with Crippen molar-refractivity contribution < 1.29 is 28.5 Å². The summed E-state index contributed by atoms with van der Waals surface area (Å²) in [6, 6.07) is 15.7. The Morgan fingerprint density at radius 3 is 2.56 bits per heavy atom. The lowest BCUT2D eigenvalue weighted by Gasteiger charge is -2.00. The lowest BCUT2D eigenvalue weighted by atomic mass is 10.2. The second-order valence-corrected chi connectivity index (χ2v) is 3.97. The molecule has 0 bridgehead atoms. The highest BCUT2D eigenvalue weighted by Crippen LogP contribution is 2.14. The van der Waals surface area contributed by atoms with E-state index >= 15 is 0 Å². The van der Waals surface area contributed by atoms with Crippen LogP contribution in [0.5, 0.6) is 0 Å². The maximum atomic E-state index is 8.92. The summed E-state index contributed by atoms with van der Waals surface area (Å²) >= 11 is 0. The average molecular weight is 347 g/mol. The van der Waals surface area contributed by atoms with Crippen molar-refractivity contribution in [3.63, 3.8) is 0 Å². The van der Waals surface area contributed by atoms with Gasteiger partial charge in [0.15, 0.2) is 0 Å². The molecular formula is C14H10IN3. The summed E-state index contributed by atoms with van der Waals surface area (Å²) in [6.07, 6.45) is 0. The van der Waals surface area contributed by atoms with Gasteiger partial charge in [-0.15, -0.1) is 0 Å². The van der Waals surface area contributed by atoms with Crippen molar-refractivity contribution in [2.75, 3.05) is 0 Å². The Bertz CT molecular complexity index is 775. The molecule has 2 aromatic carbocycles. The van der Waals surface area contributed by atoms with E-state index in [0.29, 0.717) is 5.56 Å². The largest absolute Gasteiger partial charge is 1.00 e. The van der Waals surface area contributed by atoms with E-state index in [2.05, 4.69) is 15.6 Å². The third-order valence-electron chi connectivity index (χ3n) is 2.95. The number of aromatic nitrogens is 2. The van der Waals surface area contributed by atoms with Crippen molar-refractivity contribution >= 4 is 22.1 Å². The van der Waals surface area contributed by atoms with E-state index in [1.807, 2.05) is 43.4 Å². The van der Waals surface area contributed by atoms with Gasteiger partial charge in [-0.3, -0.25) is 0 Å². The van der Waals surface area contributed by atoms with Crippen LogP contribution in [0, 0.1) is 11.3 Å². The fraction of sp³-hybridized carbons (Fsp3) is 0.0714. The van der Waals surface area contributed by atoms with Gasteiger partial charge in [-0.2, -0.15) is 9.83 Å². The number of nitrogens with zero attached hydrogens (tertiary/aromatic N) is 3. The van der Waals surface area contributed by atoms with E-state index < -0.39 is 0 Å². The first-order valence-corrected chi connectivity index (χ1v) is 5.38. The second-order valence-electron chi connectivity index (χ2n) is 3.97. The normalized spacial score (nSPS) is 10.0. The van der Waals surface area contributed by atoms with Gasteiger partial charge in [0.05, 0.1) is 11.6 Å². The highest BCUT2D eigenvalue weighted by molar-refractivity contribution is 5.81. The number of hydrogen-bond donors (Lipinski definition) is 0. The minimum Gasteiger partial charge on any atom is -1.00 e. The number of benzene rings is 2. The molecule has 0 unspecified atom stereocenters. The molecule has 1 heterocycles. The molecule has 0 amide bonds. The SMILES string of the molecule is C[n+]1c2ccccc2nc2ccc(C#N)cc21.[I-]. The van der Waals surface area contributed by atoms with E-state index in [1.54, 1.807) is 6.07 Å². The average Bonchev–Trinajstić information content (AvgIpc) is 2.39. The zero-order valence-electron chi connectivity index (χ0n) is 9.76. The molecule has 0 aliphatic heterocycles. The molecule has 88 valence electrons. The highest BCUT2D eigenvalue weighted by Gasteiger charge is 2.12. The summed E-state index contributed by atoms with van der Waals surface area (Å²) in [5.41, 5.74) is 4.57. The minimum atomic E-state index is 0. The van der Waals surface area contributed by atoms with Crippen LogP contribution in [0.4, 0.5) is 0 Å². The number of aryl methyl sites for hydroxylation is 1. The fourth-order valence-corrected chi connectivity index (χ4v) is 2.06. The summed E-state index contributed by atoms with van der Waals surface area (Å²) in [7, 11) is 1.99. The maximum absolute atomic E-state index is 8.92. The second kappa shape index (κ2) is 4.86. The quantitative estimate of drug-likeness (QED) is 0.300. The molecule has 4 heteroatoms. The Morgan fingerprint density at radius 1 is 1.06 bits per heavy atom. The van der Waals surface area contributed by atoms with Crippen molar-refractivity contribution in [2.45, 2.75) is 0 Å². The Kier molecular flexibility index (Phi) is 3.43. The van der Waals surface area contributed by atoms with Gasteiger partial charge in [0.1, 0.15) is 18.1 Å². The number of fused-ring (bicyclic) bond motifs is 2. The predicted octanol–water partition coefficient (Wildman–Crippen LogP) is -0.912. The Balaban J connectivity index is 0.00000120. The number of para-hydroxylation sites is 2. The van der Waals surface area contributed by atoms with Crippen LogP contribution < -0.4 is 28.5 Å². The molecule has 1 aromatic heterocycles. The van der Waals surface area contributed by atoms with Crippen LogP contribution in [0.15, 0.2) is 42.5 Å². The molecular weight excluding hydrogens is 337 g/mol. The minimum absolute atomic E-state index is 0. The zero-order chi connectivity index (χ0) is 11.8. The Morgan fingerprint density at radius 2 is 1.78 bits per heavy atom. The van der Waals surface area contributed by atoms with Crippen LogP contribution in [0.2, 0.25) is 0 Å². The van der Waals surface area contributed by atoms with Crippen molar-refractivity contribution in [1.82, 2.24) is 4.98 Å². The highest BCUT2D eigenvalue weighted by atomic mass is 127. The van der Waals surface area contributed by atoms with Crippen LogP contribution >= 0.6 is 0 Å². The number of rotatable bonds is 0.